The van der Waals surface area contributed by atoms with E-state index in [0.717, 1.165) is 10.3 Å². The molecule has 0 atom stereocenters. The molecule has 11 heavy (non-hydrogen) atoms. The molecule has 0 aromatic carbocycles. The Kier molecular flexibility index (Phi) is 2.19. The first-order chi connectivity index (χ1) is 5.11. The van der Waals surface area contributed by atoms with E-state index < -0.39 is 0 Å². The van der Waals surface area contributed by atoms with Gasteiger partial charge in [-0.05, 0) is 13.0 Å². The lowest BCUT2D eigenvalue weighted by atomic mass is 10.2. The van der Waals surface area contributed by atoms with Crippen LogP contribution in [0, 0.1) is 11.8 Å². The van der Waals surface area contributed by atoms with Gasteiger partial charge in [0, 0.05) is 15.2 Å². The molecule has 1 rings (SSSR count). The Bertz CT molecular complexity index is 298. The van der Waals surface area contributed by atoms with Crippen LogP contribution in [0.3, 0.4) is 0 Å². The molecule has 0 aliphatic rings. The van der Waals surface area contributed by atoms with Crippen LogP contribution in [0.1, 0.15) is 5.56 Å². The van der Waals surface area contributed by atoms with E-state index in [1.807, 2.05) is 6.92 Å². The number of aromatic nitrogens is 1. The van der Waals surface area contributed by atoms with Crippen molar-refractivity contribution in [3.05, 3.63) is 27.9 Å². The molecular weight excluding hydrogens is 164 g/mol. The number of hydrogen-bond acceptors (Lipinski definition) is 2. The summed E-state index contributed by atoms with van der Waals surface area (Å²) in [5, 5.41) is 0.410. The Morgan fingerprint density at radius 1 is 1.64 bits per heavy atom. The number of aryl methyl sites for hydroxylation is 1. The van der Waals surface area contributed by atoms with Crippen LogP contribution in [0.5, 0.6) is 0 Å². The Labute approximate surface area is 69.6 Å². The highest BCUT2D eigenvalue weighted by Gasteiger charge is 2.11. The van der Waals surface area contributed by atoms with Gasteiger partial charge in [0.25, 0.3) is 5.69 Å². The summed E-state index contributed by atoms with van der Waals surface area (Å²) in [5.41, 5.74) is 1.39. The third-order valence-corrected chi connectivity index (χ3v) is 1.60. The number of hydrogen-bond donors (Lipinski definition) is 0. The Morgan fingerprint density at radius 3 is 2.73 bits per heavy atom. The molecule has 0 bridgehead atoms. The summed E-state index contributed by atoms with van der Waals surface area (Å²) < 4.78 is 0.763. The van der Waals surface area contributed by atoms with E-state index in [0.29, 0.717) is 10.8 Å². The second kappa shape index (κ2) is 2.96. The minimum absolute atomic E-state index is 0.410. The van der Waals surface area contributed by atoms with Gasteiger partial charge in [-0.3, -0.25) is 0 Å². The highest BCUT2D eigenvalue weighted by atomic mass is 35.5. The molecule has 0 unspecified atom stereocenters. The first kappa shape index (κ1) is 8.14. The van der Waals surface area contributed by atoms with Gasteiger partial charge in [-0.15, -0.1) is 0 Å². The van der Waals surface area contributed by atoms with Crippen molar-refractivity contribution in [2.24, 2.45) is 0 Å². The lowest BCUT2D eigenvalue weighted by Gasteiger charge is -1.93. The first-order valence-electron chi connectivity index (χ1n) is 3.14. The van der Waals surface area contributed by atoms with Gasteiger partial charge < -0.3 is 0 Å². The van der Waals surface area contributed by atoms with Gasteiger partial charge >= 0.3 is 0 Å². The maximum absolute atomic E-state index is 10.8. The summed E-state index contributed by atoms with van der Waals surface area (Å²) >= 11 is 5.59. The topological polar surface area (TPSA) is 33.0 Å². The molecule has 1 heterocycles. The second-order valence-corrected chi connectivity index (χ2v) is 2.68. The standard InChI is InChI=1S/C7H8ClN2O/c1-5-3-7(8)9-4-6(5)10(2)11/h3-4H,1-2H3/q+1. The van der Waals surface area contributed by atoms with Gasteiger partial charge in [0.1, 0.15) is 11.3 Å². The number of halogens is 1. The molecule has 0 N–H and O–H groups in total. The van der Waals surface area contributed by atoms with E-state index in [1.165, 1.54) is 13.2 Å². The number of pyridine rings is 1. The molecule has 4 heteroatoms. The fourth-order valence-electron chi connectivity index (χ4n) is 0.844. The SMILES string of the molecule is Cc1cc(Cl)ncc1[N+](C)=O. The van der Waals surface area contributed by atoms with Crippen LogP contribution in [-0.2, 0) is 0 Å². The fraction of sp³-hybridized carbons (Fsp3) is 0.286. The van der Waals surface area contributed by atoms with Gasteiger partial charge in [0.05, 0.1) is 0 Å². The minimum Gasteiger partial charge on any atom is -0.237 e. The first-order valence-corrected chi connectivity index (χ1v) is 3.52. The van der Waals surface area contributed by atoms with E-state index in [-0.39, 0.29) is 0 Å². The van der Waals surface area contributed by atoms with E-state index in [9.17, 15) is 4.91 Å². The van der Waals surface area contributed by atoms with Crippen LogP contribution in [-0.4, -0.2) is 16.8 Å². The summed E-state index contributed by atoms with van der Waals surface area (Å²) in [7, 11) is 1.43. The summed E-state index contributed by atoms with van der Waals surface area (Å²) in [6.45, 7) is 1.82. The van der Waals surface area contributed by atoms with Gasteiger partial charge in [-0.1, -0.05) is 11.6 Å². The van der Waals surface area contributed by atoms with Gasteiger partial charge in [-0.2, -0.15) is 0 Å². The van der Waals surface area contributed by atoms with Crippen molar-refractivity contribution in [2.75, 3.05) is 7.05 Å². The lowest BCUT2D eigenvalue weighted by Crippen LogP contribution is -1.94. The molecule has 1 aromatic heterocycles. The van der Waals surface area contributed by atoms with Gasteiger partial charge in [-0.25, -0.2) is 4.98 Å². The summed E-state index contributed by atoms with van der Waals surface area (Å²) in [4.78, 5) is 14.6. The molecule has 0 spiro atoms. The van der Waals surface area contributed by atoms with E-state index in [2.05, 4.69) is 4.98 Å². The monoisotopic (exact) mass is 171 g/mol. The van der Waals surface area contributed by atoms with Crippen LogP contribution in [0.25, 0.3) is 0 Å². The molecule has 58 valence electrons. The predicted octanol–water partition coefficient (Wildman–Crippen LogP) is 2.08. The number of nitrogens with zero attached hydrogens (tertiary/aromatic N) is 2. The largest absolute Gasteiger partial charge is 0.276 e. The van der Waals surface area contributed by atoms with Crippen molar-refractivity contribution in [2.45, 2.75) is 6.92 Å². The molecule has 3 nitrogen and oxygen atoms in total. The average Bonchev–Trinajstić information content (AvgIpc) is 1.85. The zero-order valence-corrected chi connectivity index (χ0v) is 7.09. The summed E-state index contributed by atoms with van der Waals surface area (Å²) in [6.07, 6.45) is 1.46. The smallest absolute Gasteiger partial charge is 0.237 e. The quantitative estimate of drug-likeness (QED) is 0.479. The Balaban J connectivity index is 3.20. The highest BCUT2D eigenvalue weighted by Crippen LogP contribution is 2.17. The van der Waals surface area contributed by atoms with Crippen molar-refractivity contribution < 1.29 is 4.76 Å². The second-order valence-electron chi connectivity index (χ2n) is 2.29. The van der Waals surface area contributed by atoms with Gasteiger partial charge in [0.2, 0.25) is 0 Å². The molecule has 0 saturated heterocycles. The predicted molar refractivity (Wildman–Crippen MR) is 43.2 cm³/mol. The normalized spacial score (nSPS) is 9.73. The van der Waals surface area contributed by atoms with Crippen LogP contribution in [0.2, 0.25) is 5.15 Å². The number of nitroso groups, excluding NO2 is 1. The van der Waals surface area contributed by atoms with Crippen molar-refractivity contribution in [3.8, 4) is 0 Å². The molecule has 1 aromatic rings. The maximum atomic E-state index is 10.8. The lowest BCUT2D eigenvalue weighted by molar-refractivity contribution is -0.429. The number of rotatable bonds is 1. The molecule has 0 aliphatic heterocycles. The molecule has 0 saturated carbocycles. The zero-order valence-electron chi connectivity index (χ0n) is 6.34. The molecular formula is C7H8ClN2O+. The highest BCUT2D eigenvalue weighted by molar-refractivity contribution is 6.29. The Hall–Kier alpha value is -0.960. The van der Waals surface area contributed by atoms with E-state index >= 15 is 0 Å². The molecule has 0 fully saturated rings. The maximum Gasteiger partial charge on any atom is 0.276 e. The van der Waals surface area contributed by atoms with Crippen molar-refractivity contribution in [3.63, 3.8) is 0 Å². The summed E-state index contributed by atoms with van der Waals surface area (Å²) in [5.74, 6) is 0. The van der Waals surface area contributed by atoms with Crippen molar-refractivity contribution in [1.82, 2.24) is 4.98 Å². The summed E-state index contributed by atoms with van der Waals surface area (Å²) in [6, 6.07) is 1.66. The zero-order chi connectivity index (χ0) is 8.43. The van der Waals surface area contributed by atoms with Crippen LogP contribution in [0.15, 0.2) is 12.3 Å². The van der Waals surface area contributed by atoms with Crippen LogP contribution >= 0.6 is 11.6 Å². The average molecular weight is 172 g/mol. The fourth-order valence-corrected chi connectivity index (χ4v) is 1.06. The third-order valence-electron chi connectivity index (χ3n) is 1.39. The van der Waals surface area contributed by atoms with E-state index in [1.54, 1.807) is 6.07 Å². The third kappa shape index (κ3) is 1.74. The Morgan fingerprint density at radius 2 is 2.27 bits per heavy atom. The molecule has 0 amide bonds. The van der Waals surface area contributed by atoms with Crippen molar-refractivity contribution in [1.29, 1.82) is 0 Å². The van der Waals surface area contributed by atoms with Crippen LogP contribution < -0.4 is 0 Å². The van der Waals surface area contributed by atoms with Gasteiger partial charge in [0.15, 0.2) is 7.05 Å². The van der Waals surface area contributed by atoms with Crippen molar-refractivity contribution >= 4 is 17.3 Å². The minimum atomic E-state index is 0.410. The molecule has 0 radical (unpaired) electrons. The molecule has 0 aliphatic carbocycles. The van der Waals surface area contributed by atoms with E-state index in [4.69, 9.17) is 11.6 Å². The van der Waals surface area contributed by atoms with Crippen LogP contribution in [0.4, 0.5) is 5.69 Å².